The standard InChI is InChI=1S/C12H14N6/c1-7-3-2-4-8(5-7)12(14)17-9-6-15-11(13)16-10(9)18-12/h2-6,17H,14H2,1H3,(H3,13,15,16,18). The van der Waals surface area contributed by atoms with Gasteiger partial charge < -0.3 is 16.4 Å². The predicted molar refractivity (Wildman–Crippen MR) is 70.7 cm³/mol. The molecule has 0 radical (unpaired) electrons. The van der Waals surface area contributed by atoms with Crippen molar-refractivity contribution >= 4 is 17.5 Å². The van der Waals surface area contributed by atoms with Crippen molar-refractivity contribution in [2.24, 2.45) is 5.73 Å². The number of fused-ring (bicyclic) bond motifs is 1. The molecule has 2 aromatic rings. The zero-order chi connectivity index (χ0) is 12.8. The minimum atomic E-state index is -0.878. The van der Waals surface area contributed by atoms with Crippen LogP contribution in [0.3, 0.4) is 0 Å². The van der Waals surface area contributed by atoms with Gasteiger partial charge in [-0.25, -0.2) is 4.98 Å². The Kier molecular flexibility index (Phi) is 2.14. The maximum Gasteiger partial charge on any atom is 0.222 e. The lowest BCUT2D eigenvalue weighted by Crippen LogP contribution is -2.47. The number of nitrogen functional groups attached to an aromatic ring is 1. The van der Waals surface area contributed by atoms with Crippen molar-refractivity contribution in [3.05, 3.63) is 41.6 Å². The summed E-state index contributed by atoms with van der Waals surface area (Å²) in [6.45, 7) is 2.02. The molecule has 0 saturated heterocycles. The van der Waals surface area contributed by atoms with Crippen LogP contribution >= 0.6 is 0 Å². The van der Waals surface area contributed by atoms with E-state index < -0.39 is 5.79 Å². The Morgan fingerprint density at radius 1 is 1.28 bits per heavy atom. The predicted octanol–water partition coefficient (Wildman–Crippen LogP) is 0.974. The van der Waals surface area contributed by atoms with Gasteiger partial charge in [0.05, 0.1) is 11.9 Å². The summed E-state index contributed by atoms with van der Waals surface area (Å²) in [4.78, 5) is 8.05. The highest BCUT2D eigenvalue weighted by molar-refractivity contribution is 5.73. The van der Waals surface area contributed by atoms with E-state index in [0.29, 0.717) is 5.82 Å². The molecule has 0 spiro atoms. The van der Waals surface area contributed by atoms with Gasteiger partial charge in [-0.3, -0.25) is 5.73 Å². The Balaban J connectivity index is 2.01. The molecule has 0 fully saturated rings. The van der Waals surface area contributed by atoms with Crippen molar-refractivity contribution in [3.8, 4) is 0 Å². The summed E-state index contributed by atoms with van der Waals surface area (Å²) < 4.78 is 0. The minimum absolute atomic E-state index is 0.219. The van der Waals surface area contributed by atoms with Crippen LogP contribution in [-0.2, 0) is 5.79 Å². The molecule has 6 heteroatoms. The molecule has 92 valence electrons. The van der Waals surface area contributed by atoms with Crippen LogP contribution in [0.15, 0.2) is 30.5 Å². The Labute approximate surface area is 104 Å². The summed E-state index contributed by atoms with van der Waals surface area (Å²) in [6, 6.07) is 7.96. The highest BCUT2D eigenvalue weighted by atomic mass is 15.4. The van der Waals surface area contributed by atoms with Crippen molar-refractivity contribution in [3.63, 3.8) is 0 Å². The second-order valence-corrected chi connectivity index (χ2v) is 4.42. The van der Waals surface area contributed by atoms with Crippen molar-refractivity contribution in [1.29, 1.82) is 0 Å². The molecule has 6 N–H and O–H groups in total. The molecule has 1 aliphatic heterocycles. The number of nitrogens with one attached hydrogen (secondary N) is 2. The van der Waals surface area contributed by atoms with Crippen LogP contribution in [0, 0.1) is 6.92 Å². The first-order chi connectivity index (χ1) is 8.57. The van der Waals surface area contributed by atoms with Crippen LogP contribution in [0.4, 0.5) is 17.5 Å². The van der Waals surface area contributed by atoms with Gasteiger partial charge in [0.25, 0.3) is 0 Å². The molecule has 1 aromatic heterocycles. The molecule has 2 heterocycles. The fourth-order valence-electron chi connectivity index (χ4n) is 2.05. The van der Waals surface area contributed by atoms with Crippen molar-refractivity contribution in [2.45, 2.75) is 12.7 Å². The van der Waals surface area contributed by atoms with Gasteiger partial charge >= 0.3 is 0 Å². The molecule has 3 rings (SSSR count). The Bertz CT molecular complexity index is 611. The van der Waals surface area contributed by atoms with Gasteiger partial charge in [-0.2, -0.15) is 4.98 Å². The third kappa shape index (κ3) is 1.63. The molecule has 0 saturated carbocycles. The van der Waals surface area contributed by atoms with Gasteiger partial charge in [-0.1, -0.05) is 29.8 Å². The van der Waals surface area contributed by atoms with Crippen molar-refractivity contribution in [1.82, 2.24) is 9.97 Å². The molecule has 0 bridgehead atoms. The van der Waals surface area contributed by atoms with E-state index in [-0.39, 0.29) is 5.95 Å². The van der Waals surface area contributed by atoms with Gasteiger partial charge in [-0.05, 0) is 6.92 Å². The average Bonchev–Trinajstić information content (AvgIpc) is 2.66. The number of benzene rings is 1. The molecule has 1 aliphatic rings. The van der Waals surface area contributed by atoms with E-state index in [1.54, 1.807) is 6.20 Å². The topological polar surface area (TPSA) is 102 Å². The molecule has 1 aromatic carbocycles. The minimum Gasteiger partial charge on any atom is -0.368 e. The molecule has 1 atom stereocenters. The summed E-state index contributed by atoms with van der Waals surface area (Å²) >= 11 is 0. The lowest BCUT2D eigenvalue weighted by molar-refractivity contribution is 0.610. The fourth-order valence-corrected chi connectivity index (χ4v) is 2.05. The SMILES string of the molecule is Cc1cccc(C2(N)Nc3cnc(N)nc3N2)c1. The number of hydrogen-bond acceptors (Lipinski definition) is 6. The molecule has 0 amide bonds. The summed E-state index contributed by atoms with van der Waals surface area (Å²) in [5.74, 6) is -0.0420. The fraction of sp³-hybridized carbons (Fsp3) is 0.167. The zero-order valence-corrected chi connectivity index (χ0v) is 9.94. The summed E-state index contributed by atoms with van der Waals surface area (Å²) in [5, 5.41) is 6.30. The van der Waals surface area contributed by atoms with Crippen LogP contribution in [0.2, 0.25) is 0 Å². The number of nitrogens with two attached hydrogens (primary N) is 2. The second kappa shape index (κ2) is 3.58. The van der Waals surface area contributed by atoms with Gasteiger partial charge in [0, 0.05) is 5.56 Å². The number of hydrogen-bond donors (Lipinski definition) is 4. The second-order valence-electron chi connectivity index (χ2n) is 4.42. The smallest absolute Gasteiger partial charge is 0.222 e. The van der Waals surface area contributed by atoms with Crippen molar-refractivity contribution in [2.75, 3.05) is 16.4 Å². The van der Waals surface area contributed by atoms with Gasteiger partial charge in [0.2, 0.25) is 5.95 Å². The maximum absolute atomic E-state index is 6.32. The first-order valence-corrected chi connectivity index (χ1v) is 5.62. The highest BCUT2D eigenvalue weighted by Crippen LogP contribution is 2.34. The lowest BCUT2D eigenvalue weighted by Gasteiger charge is -2.26. The van der Waals surface area contributed by atoms with Crippen LogP contribution in [0.5, 0.6) is 0 Å². The number of aryl methyl sites for hydroxylation is 1. The number of rotatable bonds is 1. The van der Waals surface area contributed by atoms with E-state index in [1.807, 2.05) is 31.2 Å². The van der Waals surface area contributed by atoms with Gasteiger partial charge in [0.1, 0.15) is 0 Å². The average molecular weight is 242 g/mol. The molecular weight excluding hydrogens is 228 g/mol. The highest BCUT2D eigenvalue weighted by Gasteiger charge is 2.35. The summed E-state index contributed by atoms with van der Waals surface area (Å²) in [7, 11) is 0. The monoisotopic (exact) mass is 242 g/mol. The third-order valence-corrected chi connectivity index (χ3v) is 2.93. The Morgan fingerprint density at radius 3 is 2.89 bits per heavy atom. The largest absolute Gasteiger partial charge is 0.368 e. The van der Waals surface area contributed by atoms with E-state index in [2.05, 4.69) is 20.6 Å². The summed E-state index contributed by atoms with van der Waals surface area (Å²) in [6.07, 6.45) is 1.62. The van der Waals surface area contributed by atoms with Crippen molar-refractivity contribution < 1.29 is 0 Å². The quantitative estimate of drug-likeness (QED) is 0.594. The zero-order valence-electron chi connectivity index (χ0n) is 9.94. The van der Waals surface area contributed by atoms with Crippen LogP contribution < -0.4 is 22.1 Å². The molecule has 18 heavy (non-hydrogen) atoms. The Morgan fingerprint density at radius 2 is 2.11 bits per heavy atom. The van der Waals surface area contributed by atoms with Crippen LogP contribution in [-0.4, -0.2) is 9.97 Å². The maximum atomic E-state index is 6.32. The van der Waals surface area contributed by atoms with E-state index in [9.17, 15) is 0 Å². The first kappa shape index (κ1) is 10.8. The number of anilines is 3. The Hall–Kier alpha value is -2.34. The van der Waals surface area contributed by atoms with E-state index in [4.69, 9.17) is 11.5 Å². The van der Waals surface area contributed by atoms with Crippen LogP contribution in [0.25, 0.3) is 0 Å². The molecule has 6 nitrogen and oxygen atoms in total. The van der Waals surface area contributed by atoms with Gasteiger partial charge in [-0.15, -0.1) is 0 Å². The normalized spacial score (nSPS) is 21.0. The lowest BCUT2D eigenvalue weighted by atomic mass is 10.1. The number of nitrogens with zero attached hydrogens (tertiary/aromatic N) is 2. The summed E-state index contributed by atoms with van der Waals surface area (Å²) in [5.41, 5.74) is 14.7. The molecule has 0 aliphatic carbocycles. The van der Waals surface area contributed by atoms with Gasteiger partial charge in [0.15, 0.2) is 11.6 Å². The van der Waals surface area contributed by atoms with E-state index in [0.717, 1.165) is 16.8 Å². The molecule has 1 unspecified atom stereocenters. The van der Waals surface area contributed by atoms with E-state index >= 15 is 0 Å². The molecular formula is C12H14N6. The van der Waals surface area contributed by atoms with E-state index in [1.165, 1.54) is 0 Å². The third-order valence-electron chi connectivity index (χ3n) is 2.93. The van der Waals surface area contributed by atoms with Crippen LogP contribution in [0.1, 0.15) is 11.1 Å². The number of aromatic nitrogens is 2. The first-order valence-electron chi connectivity index (χ1n) is 5.62.